The van der Waals surface area contributed by atoms with Gasteiger partial charge in [0.05, 0.1) is 11.7 Å². The zero-order valence-corrected chi connectivity index (χ0v) is 11.9. The summed E-state index contributed by atoms with van der Waals surface area (Å²) in [5, 5.41) is -0.983. The quantitative estimate of drug-likeness (QED) is 0.725. The maximum Gasteiger partial charge on any atom is 0.240 e. The Morgan fingerprint density at radius 2 is 2.00 bits per heavy atom. The van der Waals surface area contributed by atoms with E-state index in [1.165, 1.54) is 6.92 Å². The number of carbonyl (C=O) groups excluding carboxylic acids is 1. The highest BCUT2D eigenvalue weighted by Gasteiger charge is 2.37. The van der Waals surface area contributed by atoms with E-state index in [4.69, 9.17) is 4.74 Å². The molecule has 0 aromatic rings. The van der Waals surface area contributed by atoms with Gasteiger partial charge in [0, 0.05) is 19.3 Å². The van der Waals surface area contributed by atoms with E-state index in [2.05, 4.69) is 0 Å². The van der Waals surface area contributed by atoms with E-state index in [0.717, 1.165) is 6.26 Å². The van der Waals surface area contributed by atoms with E-state index in [0.29, 0.717) is 13.1 Å². The molecule has 0 N–H and O–H groups in total. The van der Waals surface area contributed by atoms with Gasteiger partial charge < -0.3 is 9.64 Å². The van der Waals surface area contributed by atoms with Crippen LogP contribution < -0.4 is 0 Å². The molecule has 0 aliphatic carbocycles. The maximum atomic E-state index is 12.1. The first kappa shape index (κ1) is 14.4. The minimum absolute atomic E-state index is 0.0746. The van der Waals surface area contributed by atoms with E-state index < -0.39 is 20.7 Å². The van der Waals surface area contributed by atoms with Gasteiger partial charge in [-0.25, -0.2) is 8.42 Å². The first-order valence-corrected chi connectivity index (χ1v) is 7.64. The first-order valence-electron chi connectivity index (χ1n) is 5.68. The highest BCUT2D eigenvalue weighted by atomic mass is 32.2. The van der Waals surface area contributed by atoms with Crippen molar-refractivity contribution >= 4 is 15.7 Å². The van der Waals surface area contributed by atoms with E-state index >= 15 is 0 Å². The molecule has 5 nitrogen and oxygen atoms in total. The molecule has 0 aromatic carbocycles. The van der Waals surface area contributed by atoms with Crippen LogP contribution in [0.5, 0.6) is 0 Å². The Balaban J connectivity index is 2.83. The van der Waals surface area contributed by atoms with Gasteiger partial charge in [0.15, 0.2) is 9.84 Å². The summed E-state index contributed by atoms with van der Waals surface area (Å²) in [6.45, 7) is 7.98. The van der Waals surface area contributed by atoms with Crippen LogP contribution in [0.2, 0.25) is 0 Å². The lowest BCUT2D eigenvalue weighted by atomic mass is 10.1. The Bertz CT molecular complexity index is 402. The summed E-state index contributed by atoms with van der Waals surface area (Å²) in [5.41, 5.74) is -0.426. The molecule has 0 saturated carbocycles. The summed E-state index contributed by atoms with van der Waals surface area (Å²) in [6, 6.07) is 0. The SMILES string of the molecule is CC1CN(C(=O)C(C)S(C)(=O)=O)CC(C)(C)O1. The summed E-state index contributed by atoms with van der Waals surface area (Å²) in [7, 11) is -3.34. The van der Waals surface area contributed by atoms with Crippen LogP contribution in [-0.4, -0.2) is 55.5 Å². The number of morpholine rings is 1. The van der Waals surface area contributed by atoms with E-state index in [-0.39, 0.29) is 12.0 Å². The molecule has 0 aromatic heterocycles. The number of ether oxygens (including phenoxy) is 1. The molecule has 100 valence electrons. The van der Waals surface area contributed by atoms with Crippen LogP contribution in [0, 0.1) is 0 Å². The summed E-state index contributed by atoms with van der Waals surface area (Å²) in [4.78, 5) is 13.7. The normalized spacial score (nSPS) is 26.6. The number of hydrogen-bond donors (Lipinski definition) is 0. The van der Waals surface area contributed by atoms with Gasteiger partial charge in [-0.3, -0.25) is 4.79 Å². The second-order valence-corrected chi connectivity index (χ2v) is 7.74. The molecule has 1 fully saturated rings. The van der Waals surface area contributed by atoms with Gasteiger partial charge >= 0.3 is 0 Å². The first-order chi connectivity index (χ1) is 7.53. The zero-order valence-electron chi connectivity index (χ0n) is 11.1. The molecule has 2 atom stereocenters. The average molecular weight is 263 g/mol. The monoisotopic (exact) mass is 263 g/mol. The lowest BCUT2D eigenvalue weighted by Crippen LogP contribution is -2.56. The maximum absolute atomic E-state index is 12.1. The Labute approximate surface area is 103 Å². The van der Waals surface area contributed by atoms with Gasteiger partial charge in [0.2, 0.25) is 5.91 Å². The standard InChI is InChI=1S/C11H21NO4S/c1-8-6-12(7-11(3,4)16-8)10(13)9(2)17(5,14)15/h8-9H,6-7H2,1-5H3. The van der Waals surface area contributed by atoms with Crippen molar-refractivity contribution in [3.63, 3.8) is 0 Å². The fourth-order valence-electron chi connectivity index (χ4n) is 2.06. The molecule has 2 unspecified atom stereocenters. The molecule has 0 spiro atoms. The van der Waals surface area contributed by atoms with Gasteiger partial charge in [-0.1, -0.05) is 0 Å². The third-order valence-corrected chi connectivity index (χ3v) is 4.36. The summed E-state index contributed by atoms with van der Waals surface area (Å²) >= 11 is 0. The van der Waals surface area contributed by atoms with Crippen LogP contribution in [0.3, 0.4) is 0 Å². The van der Waals surface area contributed by atoms with Crippen molar-refractivity contribution in [1.82, 2.24) is 4.90 Å². The van der Waals surface area contributed by atoms with E-state index in [1.807, 2.05) is 20.8 Å². The van der Waals surface area contributed by atoms with Gasteiger partial charge in [0.25, 0.3) is 0 Å². The van der Waals surface area contributed by atoms with Gasteiger partial charge in [-0.2, -0.15) is 0 Å². The molecule has 1 heterocycles. The average Bonchev–Trinajstić information content (AvgIpc) is 2.10. The predicted molar refractivity (Wildman–Crippen MR) is 65.5 cm³/mol. The van der Waals surface area contributed by atoms with Crippen molar-refractivity contribution in [2.45, 2.75) is 44.6 Å². The number of hydrogen-bond acceptors (Lipinski definition) is 4. The Morgan fingerprint density at radius 3 is 2.41 bits per heavy atom. The molecule has 17 heavy (non-hydrogen) atoms. The molecule has 1 rings (SSSR count). The number of nitrogens with zero attached hydrogens (tertiary/aromatic N) is 1. The van der Waals surface area contributed by atoms with Crippen LogP contribution in [0.15, 0.2) is 0 Å². The van der Waals surface area contributed by atoms with Crippen LogP contribution in [0.1, 0.15) is 27.7 Å². The fraction of sp³-hybridized carbons (Fsp3) is 0.909. The molecule has 1 saturated heterocycles. The topological polar surface area (TPSA) is 63.7 Å². The predicted octanol–water partition coefficient (Wildman–Crippen LogP) is 0.445. The highest BCUT2D eigenvalue weighted by molar-refractivity contribution is 7.92. The number of carbonyl (C=O) groups is 1. The minimum Gasteiger partial charge on any atom is -0.369 e. The zero-order chi connectivity index (χ0) is 13.4. The van der Waals surface area contributed by atoms with E-state index in [1.54, 1.807) is 4.90 Å². The van der Waals surface area contributed by atoms with Crippen molar-refractivity contribution in [2.24, 2.45) is 0 Å². The molecule has 6 heteroatoms. The van der Waals surface area contributed by atoms with Gasteiger partial charge in [-0.05, 0) is 27.7 Å². The van der Waals surface area contributed by atoms with Crippen molar-refractivity contribution in [3.8, 4) is 0 Å². The molecule has 0 bridgehead atoms. The molecule has 1 amide bonds. The van der Waals surface area contributed by atoms with Crippen molar-refractivity contribution < 1.29 is 17.9 Å². The third-order valence-electron chi connectivity index (χ3n) is 2.87. The minimum atomic E-state index is -3.34. The van der Waals surface area contributed by atoms with Gasteiger partial charge in [0.1, 0.15) is 5.25 Å². The second-order valence-electron chi connectivity index (χ2n) is 5.38. The molecule has 1 aliphatic heterocycles. The van der Waals surface area contributed by atoms with Crippen molar-refractivity contribution in [3.05, 3.63) is 0 Å². The second kappa shape index (κ2) is 4.57. The van der Waals surface area contributed by atoms with Crippen molar-refractivity contribution in [2.75, 3.05) is 19.3 Å². The van der Waals surface area contributed by atoms with Crippen LogP contribution in [-0.2, 0) is 19.4 Å². The van der Waals surface area contributed by atoms with Crippen LogP contribution in [0.25, 0.3) is 0 Å². The Morgan fingerprint density at radius 1 is 1.47 bits per heavy atom. The lowest BCUT2D eigenvalue weighted by Gasteiger charge is -2.42. The molecule has 0 radical (unpaired) electrons. The Hall–Kier alpha value is -0.620. The highest BCUT2D eigenvalue weighted by Crippen LogP contribution is 2.22. The summed E-state index contributed by atoms with van der Waals surface area (Å²) < 4.78 is 28.4. The molecular formula is C11H21NO4S. The smallest absolute Gasteiger partial charge is 0.240 e. The van der Waals surface area contributed by atoms with Gasteiger partial charge in [-0.15, -0.1) is 0 Å². The van der Waals surface area contributed by atoms with Crippen LogP contribution >= 0.6 is 0 Å². The fourth-order valence-corrected chi connectivity index (χ4v) is 2.58. The lowest BCUT2D eigenvalue weighted by molar-refractivity contribution is -0.157. The molecular weight excluding hydrogens is 242 g/mol. The molecule has 1 aliphatic rings. The van der Waals surface area contributed by atoms with E-state index in [9.17, 15) is 13.2 Å². The largest absolute Gasteiger partial charge is 0.369 e. The third kappa shape index (κ3) is 3.67. The summed E-state index contributed by atoms with van der Waals surface area (Å²) in [6.07, 6.45) is 1.01. The van der Waals surface area contributed by atoms with Crippen molar-refractivity contribution in [1.29, 1.82) is 0 Å². The summed E-state index contributed by atoms with van der Waals surface area (Å²) in [5.74, 6) is -0.337. The number of rotatable bonds is 2. The Kier molecular flexibility index (Phi) is 3.88. The number of amides is 1. The number of sulfone groups is 1. The van der Waals surface area contributed by atoms with Crippen LogP contribution in [0.4, 0.5) is 0 Å².